The van der Waals surface area contributed by atoms with Gasteiger partial charge in [-0.1, -0.05) is 30.3 Å². The largest absolute Gasteiger partial charge is 0.375 e. The second-order valence-electron chi connectivity index (χ2n) is 5.97. The lowest BCUT2D eigenvalue weighted by Crippen LogP contribution is -2.49. The van der Waals surface area contributed by atoms with Crippen LogP contribution in [0.1, 0.15) is 25.3 Å². The average molecular weight is 301 g/mol. The zero-order valence-corrected chi connectivity index (χ0v) is 13.0. The highest BCUT2D eigenvalue weighted by atomic mass is 16.5. The summed E-state index contributed by atoms with van der Waals surface area (Å²) in [4.78, 5) is 13.8. The molecule has 0 unspecified atom stereocenters. The fraction of sp³-hybridized carbons (Fsp3) is 0.529. The molecule has 1 fully saturated rings. The lowest BCUT2D eigenvalue weighted by molar-refractivity contribution is 0.116. The summed E-state index contributed by atoms with van der Waals surface area (Å²) in [6, 6.07) is 12.1. The summed E-state index contributed by atoms with van der Waals surface area (Å²) < 4.78 is 5.53. The van der Waals surface area contributed by atoms with E-state index in [9.17, 15) is 10.1 Å². The number of benzene rings is 1. The van der Waals surface area contributed by atoms with Crippen LogP contribution in [-0.2, 0) is 11.3 Å². The molecule has 2 rings (SSSR count). The van der Waals surface area contributed by atoms with Crippen molar-refractivity contribution < 1.29 is 9.53 Å². The molecule has 118 valence electrons. The summed E-state index contributed by atoms with van der Waals surface area (Å²) in [7, 11) is 0. The smallest absolute Gasteiger partial charge is 0.317 e. The van der Waals surface area contributed by atoms with Crippen LogP contribution in [0.4, 0.5) is 4.79 Å². The molecule has 0 aliphatic carbocycles. The number of piperidine rings is 1. The third kappa shape index (κ3) is 4.74. The maximum atomic E-state index is 12.1. The summed E-state index contributed by atoms with van der Waals surface area (Å²) in [6.07, 6.45) is 1.73. The molecule has 5 nitrogen and oxygen atoms in total. The van der Waals surface area contributed by atoms with E-state index in [-0.39, 0.29) is 6.03 Å². The van der Waals surface area contributed by atoms with Gasteiger partial charge in [-0.05, 0) is 25.3 Å². The Labute approximate surface area is 131 Å². The molecule has 1 aromatic carbocycles. The molecule has 1 aliphatic heterocycles. The maximum Gasteiger partial charge on any atom is 0.317 e. The molecule has 1 aliphatic rings. The zero-order valence-electron chi connectivity index (χ0n) is 13.0. The molecule has 0 saturated carbocycles. The van der Waals surface area contributed by atoms with Gasteiger partial charge < -0.3 is 15.0 Å². The van der Waals surface area contributed by atoms with Crippen LogP contribution in [0, 0.1) is 16.7 Å². The van der Waals surface area contributed by atoms with Crippen molar-refractivity contribution in [2.45, 2.75) is 26.4 Å². The van der Waals surface area contributed by atoms with E-state index in [0.29, 0.717) is 32.8 Å². The SMILES string of the molecule is C[C@@]1(C#N)CCCN(C(=O)NCCOCc2ccccc2)C1. The minimum Gasteiger partial charge on any atom is -0.375 e. The molecular formula is C17H23N3O2. The predicted molar refractivity (Wildman–Crippen MR) is 84.0 cm³/mol. The number of carbonyl (C=O) groups excluding carboxylic acids is 1. The number of nitriles is 1. The Bertz CT molecular complexity index is 526. The van der Waals surface area contributed by atoms with Gasteiger partial charge in [-0.15, -0.1) is 0 Å². The van der Waals surface area contributed by atoms with Crippen LogP contribution in [0.15, 0.2) is 30.3 Å². The predicted octanol–water partition coefficient (Wildman–Crippen LogP) is 2.54. The first kappa shape index (κ1) is 16.3. The van der Waals surface area contributed by atoms with Crippen molar-refractivity contribution in [2.75, 3.05) is 26.2 Å². The third-order valence-electron chi connectivity index (χ3n) is 3.89. The van der Waals surface area contributed by atoms with Crippen molar-refractivity contribution in [1.82, 2.24) is 10.2 Å². The highest BCUT2D eigenvalue weighted by Crippen LogP contribution is 2.28. The monoisotopic (exact) mass is 301 g/mol. The lowest BCUT2D eigenvalue weighted by Gasteiger charge is -2.35. The van der Waals surface area contributed by atoms with Gasteiger partial charge in [0.05, 0.1) is 24.7 Å². The lowest BCUT2D eigenvalue weighted by atomic mass is 9.84. The van der Waals surface area contributed by atoms with Gasteiger partial charge in [0.2, 0.25) is 0 Å². The quantitative estimate of drug-likeness (QED) is 0.850. The highest BCUT2D eigenvalue weighted by Gasteiger charge is 2.32. The van der Waals surface area contributed by atoms with Crippen LogP contribution in [0.25, 0.3) is 0 Å². The fourth-order valence-corrected chi connectivity index (χ4v) is 2.61. The molecule has 2 amide bonds. The van der Waals surface area contributed by atoms with Crippen molar-refractivity contribution in [2.24, 2.45) is 5.41 Å². The molecule has 1 heterocycles. The van der Waals surface area contributed by atoms with E-state index in [1.165, 1.54) is 0 Å². The Balaban J connectivity index is 1.64. The number of nitrogens with zero attached hydrogens (tertiary/aromatic N) is 2. The first-order valence-corrected chi connectivity index (χ1v) is 7.69. The molecule has 1 atom stereocenters. The molecule has 0 aromatic heterocycles. The summed E-state index contributed by atoms with van der Waals surface area (Å²) >= 11 is 0. The number of hydrogen-bond acceptors (Lipinski definition) is 3. The first-order chi connectivity index (χ1) is 10.6. The van der Waals surface area contributed by atoms with E-state index in [1.807, 2.05) is 37.3 Å². The molecule has 1 N–H and O–H groups in total. The molecule has 22 heavy (non-hydrogen) atoms. The Hall–Kier alpha value is -2.06. The summed E-state index contributed by atoms with van der Waals surface area (Å²) in [6.45, 7) is 4.63. The van der Waals surface area contributed by atoms with Gasteiger partial charge in [-0.3, -0.25) is 0 Å². The van der Waals surface area contributed by atoms with Crippen LogP contribution < -0.4 is 5.32 Å². The number of hydrogen-bond donors (Lipinski definition) is 1. The molecule has 0 spiro atoms. The molecule has 5 heteroatoms. The summed E-state index contributed by atoms with van der Waals surface area (Å²) in [5.74, 6) is 0. The molecule has 1 aromatic rings. The number of ether oxygens (including phenoxy) is 1. The third-order valence-corrected chi connectivity index (χ3v) is 3.89. The molecule has 0 bridgehead atoms. The Morgan fingerprint density at radius 3 is 2.95 bits per heavy atom. The standard InChI is InChI=1S/C17H23N3O2/c1-17(13-18)8-5-10-20(14-17)16(21)19-9-11-22-12-15-6-3-2-4-7-15/h2-4,6-7H,5,8-12,14H2,1H3,(H,19,21)/t17-/m0/s1. The van der Waals surface area contributed by atoms with Crippen molar-refractivity contribution in [3.63, 3.8) is 0 Å². The second-order valence-corrected chi connectivity index (χ2v) is 5.97. The van der Waals surface area contributed by atoms with Crippen LogP contribution in [-0.4, -0.2) is 37.2 Å². The summed E-state index contributed by atoms with van der Waals surface area (Å²) in [5, 5.41) is 12.0. The van der Waals surface area contributed by atoms with Gasteiger partial charge in [0.15, 0.2) is 0 Å². The van der Waals surface area contributed by atoms with Gasteiger partial charge in [0.1, 0.15) is 0 Å². The Morgan fingerprint density at radius 2 is 2.23 bits per heavy atom. The average Bonchev–Trinajstić information content (AvgIpc) is 2.55. The molecular weight excluding hydrogens is 278 g/mol. The highest BCUT2D eigenvalue weighted by molar-refractivity contribution is 5.74. The number of urea groups is 1. The van der Waals surface area contributed by atoms with Gasteiger partial charge in [0, 0.05) is 19.6 Å². The van der Waals surface area contributed by atoms with Crippen molar-refractivity contribution >= 4 is 6.03 Å². The van der Waals surface area contributed by atoms with E-state index >= 15 is 0 Å². The molecule has 0 radical (unpaired) electrons. The maximum absolute atomic E-state index is 12.1. The van der Waals surface area contributed by atoms with E-state index in [4.69, 9.17) is 4.74 Å². The first-order valence-electron chi connectivity index (χ1n) is 7.69. The van der Waals surface area contributed by atoms with Crippen LogP contribution in [0.2, 0.25) is 0 Å². The molecule has 1 saturated heterocycles. The Morgan fingerprint density at radius 1 is 1.45 bits per heavy atom. The van der Waals surface area contributed by atoms with Crippen LogP contribution >= 0.6 is 0 Å². The number of likely N-dealkylation sites (tertiary alicyclic amines) is 1. The number of carbonyl (C=O) groups is 1. The van der Waals surface area contributed by atoms with E-state index in [2.05, 4.69) is 11.4 Å². The Kier molecular flexibility index (Phi) is 5.79. The van der Waals surface area contributed by atoms with Gasteiger partial charge in [0.25, 0.3) is 0 Å². The zero-order chi connectivity index (χ0) is 15.8. The van der Waals surface area contributed by atoms with Crippen molar-refractivity contribution in [3.05, 3.63) is 35.9 Å². The minimum absolute atomic E-state index is 0.107. The van der Waals surface area contributed by atoms with E-state index in [0.717, 1.165) is 18.4 Å². The topological polar surface area (TPSA) is 65.4 Å². The number of amides is 2. The number of rotatable bonds is 5. The normalized spacial score (nSPS) is 21.2. The van der Waals surface area contributed by atoms with Crippen molar-refractivity contribution in [3.8, 4) is 6.07 Å². The second kappa shape index (κ2) is 7.81. The van der Waals surface area contributed by atoms with Gasteiger partial charge >= 0.3 is 6.03 Å². The van der Waals surface area contributed by atoms with E-state index < -0.39 is 5.41 Å². The fourth-order valence-electron chi connectivity index (χ4n) is 2.61. The summed E-state index contributed by atoms with van der Waals surface area (Å²) in [5.41, 5.74) is 0.703. The minimum atomic E-state index is -0.417. The van der Waals surface area contributed by atoms with E-state index in [1.54, 1.807) is 4.90 Å². The van der Waals surface area contributed by atoms with Gasteiger partial charge in [-0.25, -0.2) is 4.79 Å². The van der Waals surface area contributed by atoms with Crippen LogP contribution in [0.5, 0.6) is 0 Å². The number of nitrogens with one attached hydrogen (secondary N) is 1. The van der Waals surface area contributed by atoms with Crippen molar-refractivity contribution in [1.29, 1.82) is 5.26 Å². The van der Waals surface area contributed by atoms with Gasteiger partial charge in [-0.2, -0.15) is 5.26 Å². The van der Waals surface area contributed by atoms with Crippen LogP contribution in [0.3, 0.4) is 0 Å².